The largest absolute Gasteiger partial charge is 0.295 e. The number of anilines is 1. The van der Waals surface area contributed by atoms with Crippen molar-refractivity contribution in [2.45, 2.75) is 26.2 Å². The van der Waals surface area contributed by atoms with Crippen molar-refractivity contribution in [2.24, 2.45) is 0 Å². The normalized spacial score (nSPS) is 11.9. The fourth-order valence-electron chi connectivity index (χ4n) is 3.17. The Balaban J connectivity index is 1.52. The van der Waals surface area contributed by atoms with Gasteiger partial charge in [-0.25, -0.2) is 4.68 Å². The van der Waals surface area contributed by atoms with E-state index in [0.717, 1.165) is 17.1 Å². The van der Waals surface area contributed by atoms with Crippen molar-refractivity contribution in [3.63, 3.8) is 0 Å². The molecule has 0 aliphatic carbocycles. The van der Waals surface area contributed by atoms with Gasteiger partial charge in [0.2, 0.25) is 5.13 Å². The number of rotatable bonds is 6. The maximum Gasteiger partial charge on any atom is 0.279 e. The smallest absolute Gasteiger partial charge is 0.279 e. The first kappa shape index (κ1) is 18.9. The summed E-state index contributed by atoms with van der Waals surface area (Å²) in [7, 11) is 0. The predicted octanol–water partition coefficient (Wildman–Crippen LogP) is 4.22. The van der Waals surface area contributed by atoms with Crippen LogP contribution in [0.4, 0.5) is 5.13 Å². The molecular formula is C21H20N6OS. The highest BCUT2D eigenvalue weighted by Crippen LogP contribution is 2.31. The maximum absolute atomic E-state index is 12.7. The Kier molecular flexibility index (Phi) is 5.44. The van der Waals surface area contributed by atoms with Crippen LogP contribution in [-0.4, -0.2) is 31.1 Å². The Morgan fingerprint density at radius 3 is 2.41 bits per heavy atom. The summed E-state index contributed by atoms with van der Waals surface area (Å²) >= 11 is 1.38. The molecule has 8 heteroatoms. The van der Waals surface area contributed by atoms with Crippen molar-refractivity contribution in [1.29, 1.82) is 0 Å². The van der Waals surface area contributed by atoms with E-state index in [1.54, 1.807) is 4.68 Å². The number of aromatic nitrogens is 5. The zero-order valence-electron chi connectivity index (χ0n) is 16.1. The van der Waals surface area contributed by atoms with Crippen molar-refractivity contribution in [1.82, 2.24) is 25.2 Å². The number of para-hydroxylation sites is 1. The van der Waals surface area contributed by atoms with Gasteiger partial charge in [0.15, 0.2) is 5.69 Å². The first-order valence-corrected chi connectivity index (χ1v) is 10.2. The van der Waals surface area contributed by atoms with Crippen molar-refractivity contribution in [2.75, 3.05) is 5.32 Å². The van der Waals surface area contributed by atoms with Crippen LogP contribution in [0.5, 0.6) is 0 Å². The molecule has 1 atom stereocenters. The molecule has 4 rings (SSSR count). The number of nitrogens with zero attached hydrogens (tertiary/aromatic N) is 5. The van der Waals surface area contributed by atoms with Crippen LogP contribution in [0, 0.1) is 6.92 Å². The molecule has 1 N–H and O–H groups in total. The highest BCUT2D eigenvalue weighted by Gasteiger charge is 2.21. The molecule has 0 saturated heterocycles. The van der Waals surface area contributed by atoms with Crippen LogP contribution in [0.1, 0.15) is 46.0 Å². The molecule has 0 aliphatic heterocycles. The van der Waals surface area contributed by atoms with E-state index < -0.39 is 0 Å². The molecule has 4 aromatic rings. The third kappa shape index (κ3) is 3.93. The number of carbonyl (C=O) groups excluding carboxylic acids is 1. The van der Waals surface area contributed by atoms with Crippen LogP contribution in [0.2, 0.25) is 0 Å². The van der Waals surface area contributed by atoms with Gasteiger partial charge in [0.05, 0.1) is 11.4 Å². The van der Waals surface area contributed by atoms with E-state index in [4.69, 9.17) is 0 Å². The predicted molar refractivity (Wildman–Crippen MR) is 113 cm³/mol. The molecular weight excluding hydrogens is 384 g/mol. The average molecular weight is 404 g/mol. The standard InChI is InChI=1S/C21H20N6OS/c1-3-17(15-10-6-4-7-11-15)20-24-25-21(29-20)22-19(28)18-14(2)27(26-23-18)16-12-8-5-9-13-16/h4-13,17H,3H2,1-2H3,(H,22,25,28). The van der Waals surface area contributed by atoms with Crippen LogP contribution in [0.25, 0.3) is 5.69 Å². The second-order valence-corrected chi connectivity index (χ2v) is 7.55. The van der Waals surface area contributed by atoms with Gasteiger partial charge in [-0.05, 0) is 31.0 Å². The molecule has 0 bridgehead atoms. The van der Waals surface area contributed by atoms with Gasteiger partial charge in [0, 0.05) is 5.92 Å². The van der Waals surface area contributed by atoms with Gasteiger partial charge in [-0.3, -0.25) is 10.1 Å². The Morgan fingerprint density at radius 2 is 1.72 bits per heavy atom. The third-order valence-electron chi connectivity index (χ3n) is 4.68. The van der Waals surface area contributed by atoms with Gasteiger partial charge >= 0.3 is 0 Å². The van der Waals surface area contributed by atoms with Crippen LogP contribution in [0.3, 0.4) is 0 Å². The maximum atomic E-state index is 12.7. The van der Waals surface area contributed by atoms with Crippen LogP contribution >= 0.6 is 11.3 Å². The minimum absolute atomic E-state index is 0.153. The van der Waals surface area contributed by atoms with Crippen molar-refractivity contribution in [3.8, 4) is 5.69 Å². The first-order valence-electron chi connectivity index (χ1n) is 9.34. The average Bonchev–Trinajstić information content (AvgIpc) is 3.37. The van der Waals surface area contributed by atoms with E-state index in [1.807, 2.05) is 55.5 Å². The lowest BCUT2D eigenvalue weighted by Gasteiger charge is -2.10. The lowest BCUT2D eigenvalue weighted by atomic mass is 9.97. The lowest BCUT2D eigenvalue weighted by Crippen LogP contribution is -2.14. The number of benzene rings is 2. The Bertz CT molecular complexity index is 1110. The second kappa shape index (κ2) is 8.32. The Morgan fingerprint density at radius 1 is 1.03 bits per heavy atom. The Labute approximate surface area is 172 Å². The fraction of sp³-hybridized carbons (Fsp3) is 0.190. The molecule has 0 radical (unpaired) electrons. The summed E-state index contributed by atoms with van der Waals surface area (Å²) in [5.74, 6) is -0.194. The summed E-state index contributed by atoms with van der Waals surface area (Å²) in [6.45, 7) is 3.93. The van der Waals surface area contributed by atoms with Gasteiger partial charge in [-0.1, -0.05) is 72.0 Å². The van der Waals surface area contributed by atoms with E-state index in [-0.39, 0.29) is 17.5 Å². The molecule has 0 aliphatic rings. The van der Waals surface area contributed by atoms with E-state index in [1.165, 1.54) is 16.9 Å². The molecule has 7 nitrogen and oxygen atoms in total. The quantitative estimate of drug-likeness (QED) is 0.520. The summed E-state index contributed by atoms with van der Waals surface area (Å²) in [6, 6.07) is 19.8. The van der Waals surface area contributed by atoms with Crippen molar-refractivity contribution in [3.05, 3.63) is 82.6 Å². The monoisotopic (exact) mass is 404 g/mol. The number of amides is 1. The fourth-order valence-corrected chi connectivity index (χ4v) is 4.12. The number of carbonyl (C=O) groups is 1. The molecule has 2 aromatic carbocycles. The summed E-state index contributed by atoms with van der Waals surface area (Å²) in [5, 5.41) is 20.7. The summed E-state index contributed by atoms with van der Waals surface area (Å²) in [4.78, 5) is 12.7. The Hall–Kier alpha value is -3.39. The molecule has 2 heterocycles. The topological polar surface area (TPSA) is 85.6 Å². The van der Waals surface area contributed by atoms with Crippen LogP contribution in [-0.2, 0) is 0 Å². The summed E-state index contributed by atoms with van der Waals surface area (Å²) in [6.07, 6.45) is 0.900. The van der Waals surface area contributed by atoms with E-state index in [2.05, 4.69) is 44.9 Å². The second-order valence-electron chi connectivity index (χ2n) is 6.54. The molecule has 1 amide bonds. The van der Waals surface area contributed by atoms with Crippen LogP contribution in [0.15, 0.2) is 60.7 Å². The number of nitrogens with one attached hydrogen (secondary N) is 1. The van der Waals surface area contributed by atoms with Gasteiger partial charge in [0.1, 0.15) is 5.01 Å². The molecule has 1 unspecified atom stereocenters. The molecule has 29 heavy (non-hydrogen) atoms. The zero-order valence-corrected chi connectivity index (χ0v) is 16.9. The highest BCUT2D eigenvalue weighted by molar-refractivity contribution is 7.15. The third-order valence-corrected chi connectivity index (χ3v) is 5.63. The summed E-state index contributed by atoms with van der Waals surface area (Å²) < 4.78 is 1.64. The number of hydrogen-bond donors (Lipinski definition) is 1. The summed E-state index contributed by atoms with van der Waals surface area (Å²) in [5.41, 5.74) is 2.96. The minimum Gasteiger partial charge on any atom is -0.295 e. The highest BCUT2D eigenvalue weighted by atomic mass is 32.1. The number of hydrogen-bond acceptors (Lipinski definition) is 6. The van der Waals surface area contributed by atoms with E-state index >= 15 is 0 Å². The van der Waals surface area contributed by atoms with Crippen molar-refractivity contribution < 1.29 is 4.79 Å². The van der Waals surface area contributed by atoms with Gasteiger partial charge in [0.25, 0.3) is 5.91 Å². The molecule has 2 aromatic heterocycles. The molecule has 0 fully saturated rings. The SMILES string of the molecule is CCC(c1ccccc1)c1nnc(NC(=O)c2nnn(-c3ccccc3)c2C)s1. The van der Waals surface area contributed by atoms with E-state index in [9.17, 15) is 4.79 Å². The minimum atomic E-state index is -0.347. The van der Waals surface area contributed by atoms with Gasteiger partial charge in [-0.2, -0.15) is 0 Å². The van der Waals surface area contributed by atoms with Crippen molar-refractivity contribution >= 4 is 22.4 Å². The first-order chi connectivity index (χ1) is 14.2. The molecule has 0 saturated carbocycles. The van der Waals surface area contributed by atoms with Crippen LogP contribution < -0.4 is 5.32 Å². The lowest BCUT2D eigenvalue weighted by molar-refractivity contribution is 0.102. The van der Waals surface area contributed by atoms with Gasteiger partial charge in [-0.15, -0.1) is 15.3 Å². The zero-order chi connectivity index (χ0) is 20.2. The van der Waals surface area contributed by atoms with E-state index in [0.29, 0.717) is 10.8 Å². The molecule has 0 spiro atoms. The van der Waals surface area contributed by atoms with Gasteiger partial charge < -0.3 is 0 Å². The molecule has 146 valence electrons.